The van der Waals surface area contributed by atoms with Crippen molar-refractivity contribution in [3.8, 4) is 22.8 Å². The number of halogens is 1. The van der Waals surface area contributed by atoms with Crippen LogP contribution in [-0.2, 0) is 0 Å². The van der Waals surface area contributed by atoms with Crippen LogP contribution in [0.3, 0.4) is 0 Å². The lowest BCUT2D eigenvalue weighted by molar-refractivity contribution is 0.865. The highest BCUT2D eigenvalue weighted by Crippen LogP contribution is 2.29. The van der Waals surface area contributed by atoms with E-state index in [2.05, 4.69) is 78.9 Å². The van der Waals surface area contributed by atoms with E-state index in [-0.39, 0.29) is 5.28 Å². The molecule has 0 atom stereocenters. The molecule has 0 saturated carbocycles. The predicted molar refractivity (Wildman–Crippen MR) is 131 cm³/mol. The smallest absolute Gasteiger partial charge is 0.208 e. The lowest BCUT2D eigenvalue weighted by atomic mass is 10.00. The Morgan fingerprint density at radius 1 is 0.515 bits per heavy atom. The van der Waals surface area contributed by atoms with E-state index in [1.54, 1.807) is 18.5 Å². The molecule has 0 bridgehead atoms. The van der Waals surface area contributed by atoms with Crippen molar-refractivity contribution < 1.29 is 0 Å². The summed E-state index contributed by atoms with van der Waals surface area (Å²) < 4.78 is 0. The molecule has 0 radical (unpaired) electrons. The molecular formula is C26H17ClN6. The molecule has 0 aliphatic carbocycles. The van der Waals surface area contributed by atoms with Gasteiger partial charge in [-0.2, -0.15) is 9.97 Å². The van der Waals surface area contributed by atoms with E-state index < -0.39 is 0 Å². The molecule has 2 heterocycles. The second kappa shape index (κ2) is 9.46. The second-order valence-electron chi connectivity index (χ2n) is 7.15. The van der Waals surface area contributed by atoms with Gasteiger partial charge < -0.3 is 0 Å². The lowest BCUT2D eigenvalue weighted by Gasteiger charge is -2.08. The number of aromatic nitrogens is 6. The van der Waals surface area contributed by atoms with Crippen molar-refractivity contribution in [2.24, 2.45) is 0 Å². The van der Waals surface area contributed by atoms with Gasteiger partial charge in [-0.25, -0.2) is 4.98 Å². The van der Waals surface area contributed by atoms with Crippen LogP contribution in [0.1, 0.15) is 0 Å². The van der Waals surface area contributed by atoms with Crippen LogP contribution >= 0.6 is 11.6 Å². The van der Waals surface area contributed by atoms with Gasteiger partial charge in [0.05, 0.1) is 12.4 Å². The molecule has 158 valence electrons. The topological polar surface area (TPSA) is 77.3 Å². The van der Waals surface area contributed by atoms with Crippen molar-refractivity contribution in [2.45, 2.75) is 0 Å². The molecule has 6 rings (SSSR count). The summed E-state index contributed by atoms with van der Waals surface area (Å²) in [7, 11) is 0. The van der Waals surface area contributed by atoms with Gasteiger partial charge in [0.25, 0.3) is 0 Å². The number of hydrogen-bond donors (Lipinski definition) is 0. The van der Waals surface area contributed by atoms with Gasteiger partial charge in [-0.05, 0) is 50.5 Å². The summed E-state index contributed by atoms with van der Waals surface area (Å²) in [6.45, 7) is 0. The molecule has 0 fully saturated rings. The highest BCUT2D eigenvalue weighted by molar-refractivity contribution is 6.28. The van der Waals surface area contributed by atoms with Crippen LogP contribution in [-0.4, -0.2) is 30.4 Å². The van der Waals surface area contributed by atoms with Crippen molar-refractivity contribution in [1.82, 2.24) is 30.4 Å². The Morgan fingerprint density at radius 3 is 1.91 bits per heavy atom. The van der Waals surface area contributed by atoms with Crippen LogP contribution < -0.4 is 0 Å². The molecule has 4 aromatic carbocycles. The maximum absolute atomic E-state index is 6.18. The van der Waals surface area contributed by atoms with E-state index in [0.717, 1.165) is 16.5 Å². The maximum atomic E-state index is 6.18. The number of rotatable bonds is 2. The average molecular weight is 449 g/mol. The molecule has 0 amide bonds. The van der Waals surface area contributed by atoms with Crippen LogP contribution in [0, 0.1) is 0 Å². The van der Waals surface area contributed by atoms with E-state index in [9.17, 15) is 0 Å². The Kier molecular flexibility index (Phi) is 5.91. The first-order valence-corrected chi connectivity index (χ1v) is 10.6. The van der Waals surface area contributed by atoms with Crippen LogP contribution in [0.5, 0.6) is 0 Å². The van der Waals surface area contributed by atoms with Crippen molar-refractivity contribution in [3.63, 3.8) is 0 Å². The zero-order valence-electron chi connectivity index (χ0n) is 17.4. The van der Waals surface area contributed by atoms with E-state index >= 15 is 0 Å². The van der Waals surface area contributed by atoms with Crippen LogP contribution in [0.15, 0.2) is 103 Å². The number of fused-ring (bicyclic) bond motifs is 3. The number of nitrogens with zero attached hydrogens (tertiary/aromatic N) is 6. The van der Waals surface area contributed by atoms with Crippen molar-refractivity contribution in [3.05, 3.63) is 109 Å². The average Bonchev–Trinajstić information content (AvgIpc) is 2.90. The van der Waals surface area contributed by atoms with Crippen molar-refractivity contribution in [1.29, 1.82) is 0 Å². The largest absolute Gasteiger partial charge is 0.226 e. The Bertz CT molecular complexity index is 1500. The third-order valence-electron chi connectivity index (χ3n) is 5.05. The summed E-state index contributed by atoms with van der Waals surface area (Å²) in [6.07, 6.45) is 3.15. The Balaban J connectivity index is 0.000000332. The van der Waals surface area contributed by atoms with Gasteiger partial charge in [-0.3, -0.25) is 0 Å². The van der Waals surface area contributed by atoms with Gasteiger partial charge in [0.2, 0.25) is 5.28 Å². The van der Waals surface area contributed by atoms with Crippen molar-refractivity contribution >= 4 is 33.1 Å². The number of hydrogen-bond acceptors (Lipinski definition) is 6. The first-order valence-electron chi connectivity index (χ1n) is 10.3. The zero-order valence-corrected chi connectivity index (χ0v) is 18.1. The highest BCUT2D eigenvalue weighted by atomic mass is 35.5. The SMILES string of the molecule is Clc1nc(-c2ccccc2)nc(-c2ccc3c(ccc4ccccc43)c2)n1.c1cnnnc1. The van der Waals surface area contributed by atoms with Gasteiger partial charge in [-0.1, -0.05) is 78.9 Å². The van der Waals surface area contributed by atoms with Gasteiger partial charge in [0, 0.05) is 11.1 Å². The molecule has 6 nitrogen and oxygen atoms in total. The molecule has 7 heteroatoms. The molecule has 0 aliphatic rings. The van der Waals surface area contributed by atoms with Gasteiger partial charge >= 0.3 is 0 Å². The Hall–Kier alpha value is -4.29. The summed E-state index contributed by atoms with van der Waals surface area (Å²) in [4.78, 5) is 13.3. The van der Waals surface area contributed by atoms with Gasteiger partial charge in [0.15, 0.2) is 11.6 Å². The van der Waals surface area contributed by atoms with Gasteiger partial charge in [-0.15, -0.1) is 10.2 Å². The molecule has 0 N–H and O–H groups in total. The van der Waals surface area contributed by atoms with Crippen LogP contribution in [0.25, 0.3) is 44.3 Å². The first-order chi connectivity index (χ1) is 16.3. The first kappa shape index (κ1) is 20.6. The molecule has 2 aromatic heterocycles. The minimum Gasteiger partial charge on any atom is -0.208 e. The zero-order chi connectivity index (χ0) is 22.5. The molecule has 0 unspecified atom stereocenters. The van der Waals surface area contributed by atoms with E-state index in [4.69, 9.17) is 11.6 Å². The van der Waals surface area contributed by atoms with Crippen molar-refractivity contribution in [2.75, 3.05) is 0 Å². The van der Waals surface area contributed by atoms with Crippen LogP contribution in [0.2, 0.25) is 5.28 Å². The quantitative estimate of drug-likeness (QED) is 0.301. The summed E-state index contributed by atoms with van der Waals surface area (Å²) in [5.74, 6) is 1.15. The molecule has 0 spiro atoms. The molecule has 33 heavy (non-hydrogen) atoms. The standard InChI is InChI=1S/C23H14ClN3.C3H3N3/c24-23-26-21(16-7-2-1-3-8-16)25-22(27-23)18-12-13-20-17(14-18)11-10-15-6-4-5-9-19(15)20;1-2-4-6-5-3-1/h1-14H;1-3H. The molecule has 0 saturated heterocycles. The summed E-state index contributed by atoms with van der Waals surface area (Å²) in [5, 5.41) is 15.1. The van der Waals surface area contributed by atoms with Crippen LogP contribution in [0.4, 0.5) is 0 Å². The van der Waals surface area contributed by atoms with E-state index in [1.807, 2.05) is 36.4 Å². The molecule has 6 aromatic rings. The second-order valence-corrected chi connectivity index (χ2v) is 7.49. The fraction of sp³-hybridized carbons (Fsp3) is 0. The minimum absolute atomic E-state index is 0.192. The molecular weight excluding hydrogens is 432 g/mol. The highest BCUT2D eigenvalue weighted by Gasteiger charge is 2.10. The lowest BCUT2D eigenvalue weighted by Crippen LogP contribution is -1.97. The fourth-order valence-electron chi connectivity index (χ4n) is 3.55. The normalized spacial score (nSPS) is 10.6. The fourth-order valence-corrected chi connectivity index (χ4v) is 3.71. The number of benzene rings is 4. The third-order valence-corrected chi connectivity index (χ3v) is 5.22. The Labute approximate surface area is 195 Å². The van der Waals surface area contributed by atoms with E-state index in [0.29, 0.717) is 11.6 Å². The Morgan fingerprint density at radius 2 is 1.18 bits per heavy atom. The molecule has 0 aliphatic heterocycles. The maximum Gasteiger partial charge on any atom is 0.226 e. The minimum atomic E-state index is 0.192. The summed E-state index contributed by atoms with van der Waals surface area (Å²) >= 11 is 6.18. The third kappa shape index (κ3) is 4.66. The summed E-state index contributed by atoms with van der Waals surface area (Å²) in [6, 6.07) is 30.4. The summed E-state index contributed by atoms with van der Waals surface area (Å²) in [5.41, 5.74) is 1.83. The van der Waals surface area contributed by atoms with Gasteiger partial charge in [0.1, 0.15) is 0 Å². The predicted octanol–water partition coefficient (Wildman–Crippen LogP) is 6.04. The monoisotopic (exact) mass is 448 g/mol. The van der Waals surface area contributed by atoms with E-state index in [1.165, 1.54) is 16.2 Å².